The molecule has 0 unspecified atom stereocenters. The third kappa shape index (κ3) is 2.74. The monoisotopic (exact) mass is 286 g/mol. The van der Waals surface area contributed by atoms with Gasteiger partial charge in [-0.1, -0.05) is 0 Å². The third-order valence-corrected chi connectivity index (χ3v) is 6.30. The minimum atomic E-state index is -3.56. The van der Waals surface area contributed by atoms with Crippen molar-refractivity contribution in [2.24, 2.45) is 11.3 Å². The van der Waals surface area contributed by atoms with Gasteiger partial charge in [0.15, 0.2) is 0 Å². The Bertz CT molecular complexity index is 518. The molecule has 2 fully saturated rings. The Morgan fingerprint density at radius 2 is 2.16 bits per heavy atom. The molecule has 19 heavy (non-hydrogen) atoms. The van der Waals surface area contributed by atoms with E-state index in [1.165, 1.54) is 4.31 Å². The van der Waals surface area contributed by atoms with Gasteiger partial charge in [-0.25, -0.2) is 8.42 Å². The van der Waals surface area contributed by atoms with Crippen LogP contribution in [0.4, 0.5) is 0 Å². The molecule has 1 N–H and O–H groups in total. The molecule has 106 valence electrons. The van der Waals surface area contributed by atoms with Gasteiger partial charge in [0.1, 0.15) is 0 Å². The Morgan fingerprint density at radius 3 is 2.63 bits per heavy atom. The van der Waals surface area contributed by atoms with E-state index in [1.807, 2.05) is 0 Å². The number of carbonyl (C=O) groups is 1. The lowest BCUT2D eigenvalue weighted by Crippen LogP contribution is -2.50. The summed E-state index contributed by atoms with van der Waals surface area (Å²) in [6.45, 7) is 2.00. The van der Waals surface area contributed by atoms with E-state index in [-0.39, 0.29) is 5.75 Å². The molecule has 2 rings (SSSR count). The lowest BCUT2D eigenvalue weighted by atomic mass is 9.92. The molecule has 1 saturated heterocycles. The standard InChI is InChI=1S/C12H18N2O4S/c1-9-10(11(15)16)3-2-6-14(9)19(17,18)8-12(7-13)4-5-12/h9-10H,2-6,8H2,1H3,(H,15,16)/t9-,10-/m1/s1. The van der Waals surface area contributed by atoms with Gasteiger partial charge < -0.3 is 5.11 Å². The summed E-state index contributed by atoms with van der Waals surface area (Å²) in [5.41, 5.74) is -0.727. The van der Waals surface area contributed by atoms with Gasteiger partial charge in [-0.3, -0.25) is 4.79 Å². The summed E-state index contributed by atoms with van der Waals surface area (Å²) in [4.78, 5) is 11.1. The summed E-state index contributed by atoms with van der Waals surface area (Å²) in [6, 6.07) is 1.54. The van der Waals surface area contributed by atoms with Crippen LogP contribution in [0.5, 0.6) is 0 Å². The first kappa shape index (κ1) is 14.3. The second kappa shape index (κ2) is 4.76. The second-order valence-corrected chi connectivity index (χ2v) is 7.51. The molecular formula is C12H18N2O4S. The van der Waals surface area contributed by atoms with Crippen LogP contribution < -0.4 is 0 Å². The molecule has 1 saturated carbocycles. The summed E-state index contributed by atoms with van der Waals surface area (Å²) >= 11 is 0. The number of aliphatic carboxylic acids is 1. The predicted octanol–water partition coefficient (Wildman–Crippen LogP) is 0.805. The van der Waals surface area contributed by atoms with Crippen molar-refractivity contribution >= 4 is 16.0 Å². The molecule has 0 aromatic rings. The minimum Gasteiger partial charge on any atom is -0.481 e. The lowest BCUT2D eigenvalue weighted by Gasteiger charge is -2.36. The van der Waals surface area contributed by atoms with E-state index in [0.717, 1.165) is 0 Å². The van der Waals surface area contributed by atoms with Crippen LogP contribution >= 0.6 is 0 Å². The molecule has 1 aliphatic carbocycles. The van der Waals surface area contributed by atoms with Gasteiger partial charge in [-0.15, -0.1) is 0 Å². The van der Waals surface area contributed by atoms with Gasteiger partial charge in [0.2, 0.25) is 10.0 Å². The minimum absolute atomic E-state index is 0.173. The summed E-state index contributed by atoms with van der Waals surface area (Å²) < 4.78 is 26.0. The first-order valence-corrected chi connectivity index (χ1v) is 8.06. The Hall–Kier alpha value is -1.13. The van der Waals surface area contributed by atoms with Crippen LogP contribution in [0.2, 0.25) is 0 Å². The maximum atomic E-state index is 12.4. The molecule has 0 amide bonds. The first-order chi connectivity index (χ1) is 8.81. The molecule has 7 heteroatoms. The maximum Gasteiger partial charge on any atom is 0.308 e. The Kier molecular flexibility index (Phi) is 3.58. The highest BCUT2D eigenvalue weighted by Crippen LogP contribution is 2.46. The number of piperidine rings is 1. The molecule has 0 aromatic heterocycles. The third-order valence-electron chi connectivity index (χ3n) is 4.15. The molecular weight excluding hydrogens is 268 g/mol. The van der Waals surface area contributed by atoms with Gasteiger partial charge in [0.05, 0.1) is 23.2 Å². The highest BCUT2D eigenvalue weighted by molar-refractivity contribution is 7.89. The normalized spacial score (nSPS) is 30.5. The highest BCUT2D eigenvalue weighted by atomic mass is 32.2. The average Bonchev–Trinajstić information content (AvgIpc) is 3.08. The van der Waals surface area contributed by atoms with E-state index in [2.05, 4.69) is 6.07 Å². The molecule has 1 aliphatic heterocycles. The van der Waals surface area contributed by atoms with Crippen molar-refractivity contribution in [3.63, 3.8) is 0 Å². The van der Waals surface area contributed by atoms with E-state index < -0.39 is 33.4 Å². The number of hydrogen-bond acceptors (Lipinski definition) is 4. The molecule has 0 aromatic carbocycles. The van der Waals surface area contributed by atoms with Gasteiger partial charge in [-0.2, -0.15) is 9.57 Å². The van der Waals surface area contributed by atoms with Crippen molar-refractivity contribution in [3.8, 4) is 6.07 Å². The zero-order chi connectivity index (χ0) is 14.3. The SMILES string of the molecule is C[C@@H]1[C@H](C(=O)O)CCCN1S(=O)(=O)CC1(C#N)CC1. The van der Waals surface area contributed by atoms with Crippen molar-refractivity contribution in [1.29, 1.82) is 5.26 Å². The summed E-state index contributed by atoms with van der Waals surface area (Å²) in [7, 11) is -3.56. The van der Waals surface area contributed by atoms with Crippen molar-refractivity contribution < 1.29 is 18.3 Å². The second-order valence-electron chi connectivity index (χ2n) is 5.59. The molecule has 2 aliphatic rings. The molecule has 0 radical (unpaired) electrons. The number of sulfonamides is 1. The number of rotatable bonds is 4. The van der Waals surface area contributed by atoms with Crippen LogP contribution in [0, 0.1) is 22.7 Å². The highest BCUT2D eigenvalue weighted by Gasteiger charge is 2.50. The zero-order valence-electron chi connectivity index (χ0n) is 10.9. The lowest BCUT2D eigenvalue weighted by molar-refractivity contribution is -0.144. The number of carboxylic acid groups (broad SMARTS) is 1. The van der Waals surface area contributed by atoms with Crippen LogP contribution in [-0.4, -0.2) is 42.1 Å². The van der Waals surface area contributed by atoms with E-state index in [1.54, 1.807) is 6.92 Å². The largest absolute Gasteiger partial charge is 0.481 e. The van der Waals surface area contributed by atoms with Gasteiger partial charge >= 0.3 is 5.97 Å². The van der Waals surface area contributed by atoms with E-state index in [4.69, 9.17) is 10.4 Å². The summed E-state index contributed by atoms with van der Waals surface area (Å²) in [5, 5.41) is 18.1. The van der Waals surface area contributed by atoms with E-state index in [9.17, 15) is 13.2 Å². The van der Waals surface area contributed by atoms with Gasteiger partial charge in [0, 0.05) is 12.6 Å². The fourth-order valence-electron chi connectivity index (χ4n) is 2.71. The maximum absolute atomic E-state index is 12.4. The van der Waals surface area contributed by atoms with Crippen LogP contribution in [-0.2, 0) is 14.8 Å². The number of nitriles is 1. The van der Waals surface area contributed by atoms with Crippen LogP contribution in [0.3, 0.4) is 0 Å². The molecule has 6 nitrogen and oxygen atoms in total. The Labute approximate surface area is 113 Å². The Morgan fingerprint density at radius 1 is 1.53 bits per heavy atom. The zero-order valence-corrected chi connectivity index (χ0v) is 11.7. The van der Waals surface area contributed by atoms with Gasteiger partial charge in [0.25, 0.3) is 0 Å². The van der Waals surface area contributed by atoms with E-state index in [0.29, 0.717) is 32.2 Å². The number of nitrogens with zero attached hydrogens (tertiary/aromatic N) is 2. The fraction of sp³-hybridized carbons (Fsp3) is 0.833. The van der Waals surface area contributed by atoms with Crippen molar-refractivity contribution in [2.45, 2.75) is 38.6 Å². The fourth-order valence-corrected chi connectivity index (χ4v) is 4.98. The molecule has 0 bridgehead atoms. The molecule has 1 heterocycles. The first-order valence-electron chi connectivity index (χ1n) is 6.45. The van der Waals surface area contributed by atoms with E-state index >= 15 is 0 Å². The Balaban J connectivity index is 2.16. The van der Waals surface area contributed by atoms with Crippen molar-refractivity contribution in [1.82, 2.24) is 4.31 Å². The molecule has 2 atom stereocenters. The topological polar surface area (TPSA) is 98.5 Å². The average molecular weight is 286 g/mol. The van der Waals surface area contributed by atoms with Crippen LogP contribution in [0.15, 0.2) is 0 Å². The molecule has 0 spiro atoms. The summed E-state index contributed by atoms with van der Waals surface area (Å²) in [5.74, 6) is -1.78. The number of hydrogen-bond donors (Lipinski definition) is 1. The van der Waals surface area contributed by atoms with Crippen molar-refractivity contribution in [2.75, 3.05) is 12.3 Å². The summed E-state index contributed by atoms with van der Waals surface area (Å²) in [6.07, 6.45) is 2.30. The smallest absolute Gasteiger partial charge is 0.308 e. The predicted molar refractivity (Wildman–Crippen MR) is 67.6 cm³/mol. The van der Waals surface area contributed by atoms with Crippen LogP contribution in [0.25, 0.3) is 0 Å². The van der Waals surface area contributed by atoms with Crippen molar-refractivity contribution in [3.05, 3.63) is 0 Å². The van der Waals surface area contributed by atoms with Crippen LogP contribution in [0.1, 0.15) is 32.6 Å². The van der Waals surface area contributed by atoms with Gasteiger partial charge in [-0.05, 0) is 32.6 Å². The number of carboxylic acids is 1. The quantitative estimate of drug-likeness (QED) is 0.824.